The summed E-state index contributed by atoms with van der Waals surface area (Å²) in [4.78, 5) is 60.6. The molecule has 4 aromatic rings. The van der Waals surface area contributed by atoms with E-state index in [1.54, 1.807) is 33.3 Å². The Bertz CT molecular complexity index is 2420. The summed E-state index contributed by atoms with van der Waals surface area (Å²) < 4.78 is 36.7. The Kier molecular flexibility index (Phi) is 9.79. The topological polar surface area (TPSA) is 132 Å². The van der Waals surface area contributed by atoms with Crippen LogP contribution in [-0.4, -0.2) is 57.2 Å². The number of rotatable bonds is 9. The van der Waals surface area contributed by atoms with Gasteiger partial charge in [0.25, 0.3) is 0 Å². The lowest BCUT2D eigenvalue weighted by molar-refractivity contribution is -0.131. The van der Waals surface area contributed by atoms with Gasteiger partial charge in [-0.25, -0.2) is 9.29 Å². The Balaban J connectivity index is 1.18. The minimum Gasteiger partial charge on any atom is -0.508 e. The number of imide groups is 2. The van der Waals surface area contributed by atoms with Crippen LogP contribution in [0.5, 0.6) is 28.7 Å². The van der Waals surface area contributed by atoms with Gasteiger partial charge in [-0.15, -0.1) is 0 Å². The van der Waals surface area contributed by atoms with E-state index < -0.39 is 58.5 Å². The van der Waals surface area contributed by atoms with Gasteiger partial charge in [-0.1, -0.05) is 47.5 Å². The summed E-state index contributed by atoms with van der Waals surface area (Å²) in [6, 6.07) is 19.0. The molecule has 0 radical (unpaired) electrons. The van der Waals surface area contributed by atoms with Crippen molar-refractivity contribution in [1.29, 1.82) is 0 Å². The molecule has 4 aliphatic rings. The predicted molar refractivity (Wildman–Crippen MR) is 215 cm³/mol. The number of aromatic hydroxyl groups is 1. The second-order valence-electron chi connectivity index (χ2n) is 15.1. The smallest absolute Gasteiger partial charge is 0.241 e. The maximum atomic E-state index is 14.9. The van der Waals surface area contributed by atoms with Crippen molar-refractivity contribution >= 4 is 58.8 Å². The molecule has 2 aliphatic heterocycles. The van der Waals surface area contributed by atoms with Crippen LogP contribution < -0.4 is 28.7 Å². The number of hydrogen-bond acceptors (Lipinski definition) is 9. The molecule has 2 saturated heterocycles. The van der Waals surface area contributed by atoms with E-state index in [1.807, 2.05) is 48.6 Å². The normalized spacial score (nSPS) is 25.1. The minimum absolute atomic E-state index is 0.0864. The molecule has 3 fully saturated rings. The van der Waals surface area contributed by atoms with Crippen LogP contribution in [0.1, 0.15) is 42.4 Å². The standard InChI is InChI=1S/C45H40ClFN2O9/c1-45-32(42(52)49(44(45)54)26-12-16-34(47)33(46)19-26)22-31-29(40(45)39-36(57-4)20-27(50)21-37(39)58-5)14-15-30-38(31)43(53)48(41(30)51)25-10-7-23(8-11-25)6-9-24-18-28(55-2)13-17-35(24)56-3/h6-14,16-21,30-32,38,40,50H,15,22H2,1-5H3/t30-,31+,32-,38-,40+,45+/m0/s1. The van der Waals surface area contributed by atoms with Crippen LogP contribution >= 0.6 is 11.6 Å². The molecular formula is C45H40ClFN2O9. The fourth-order valence-electron chi connectivity index (χ4n) is 9.55. The number of methoxy groups -OCH3 is 4. The van der Waals surface area contributed by atoms with Gasteiger partial charge in [0.15, 0.2) is 0 Å². The Morgan fingerprint density at radius 3 is 2.07 bits per heavy atom. The summed E-state index contributed by atoms with van der Waals surface area (Å²) in [5.74, 6) is -5.00. The first-order valence-electron chi connectivity index (χ1n) is 18.7. The number of allylic oxidation sites excluding steroid dienone is 2. The van der Waals surface area contributed by atoms with Gasteiger partial charge in [0.2, 0.25) is 23.6 Å². The first kappa shape index (κ1) is 38.7. The van der Waals surface area contributed by atoms with Gasteiger partial charge in [-0.2, -0.15) is 0 Å². The molecule has 6 atom stereocenters. The lowest BCUT2D eigenvalue weighted by Crippen LogP contribution is -2.49. The third-order valence-electron chi connectivity index (χ3n) is 12.3. The zero-order valence-corrected chi connectivity index (χ0v) is 33.1. The molecule has 4 aromatic carbocycles. The van der Waals surface area contributed by atoms with Crippen LogP contribution in [-0.2, 0) is 19.2 Å². The van der Waals surface area contributed by atoms with Crippen molar-refractivity contribution in [3.8, 4) is 28.7 Å². The van der Waals surface area contributed by atoms with Gasteiger partial charge in [-0.3, -0.25) is 24.1 Å². The molecule has 0 unspecified atom stereocenters. The van der Waals surface area contributed by atoms with Gasteiger partial charge in [0, 0.05) is 29.2 Å². The molecule has 11 nitrogen and oxygen atoms in total. The van der Waals surface area contributed by atoms with Crippen molar-refractivity contribution in [3.63, 3.8) is 0 Å². The highest BCUT2D eigenvalue weighted by Crippen LogP contribution is 2.66. The lowest BCUT2D eigenvalue weighted by atomic mass is 9.51. The quantitative estimate of drug-likeness (QED) is 0.102. The summed E-state index contributed by atoms with van der Waals surface area (Å²) in [5, 5.41) is 10.4. The number of benzene rings is 4. The van der Waals surface area contributed by atoms with Crippen molar-refractivity contribution < 1.29 is 47.6 Å². The SMILES string of the molecule is COc1ccc(OC)c(C=Cc2ccc(N3C(=O)[C@H]4[C@H](CC=C5[C@H]4C[C@H]4C(=O)N(c6ccc(F)c(Cl)c6)C(=O)[C@@]4(C)[C@H]5c4c(OC)cc(O)cc4OC)C3=O)cc2)c1. The second-order valence-corrected chi connectivity index (χ2v) is 15.5. The third kappa shape index (κ3) is 5.91. The van der Waals surface area contributed by atoms with Gasteiger partial charge in [0.05, 0.1) is 68.0 Å². The molecule has 298 valence electrons. The van der Waals surface area contributed by atoms with Crippen LogP contribution in [0, 0.1) is 34.9 Å². The van der Waals surface area contributed by atoms with Crippen molar-refractivity contribution in [2.24, 2.45) is 29.1 Å². The monoisotopic (exact) mass is 806 g/mol. The molecule has 0 aromatic heterocycles. The lowest BCUT2D eigenvalue weighted by Gasteiger charge is -2.49. The highest BCUT2D eigenvalue weighted by molar-refractivity contribution is 6.32. The van der Waals surface area contributed by atoms with E-state index in [-0.39, 0.29) is 46.7 Å². The zero-order chi connectivity index (χ0) is 41.2. The molecular weight excluding hydrogens is 767 g/mol. The Hall–Kier alpha value is -6.14. The predicted octanol–water partition coefficient (Wildman–Crippen LogP) is 7.82. The summed E-state index contributed by atoms with van der Waals surface area (Å²) in [6.07, 6.45) is 5.98. The number of phenolic OH excluding ortho intramolecular Hbond substituents is 1. The van der Waals surface area contributed by atoms with Crippen LogP contribution in [0.25, 0.3) is 12.2 Å². The number of nitrogens with zero attached hydrogens (tertiary/aromatic N) is 2. The molecule has 2 aliphatic carbocycles. The number of anilines is 2. The van der Waals surface area contributed by atoms with Gasteiger partial charge in [0.1, 0.15) is 34.6 Å². The van der Waals surface area contributed by atoms with E-state index in [4.69, 9.17) is 30.5 Å². The molecule has 58 heavy (non-hydrogen) atoms. The van der Waals surface area contributed by atoms with Gasteiger partial charge >= 0.3 is 0 Å². The number of carbonyl (C=O) groups excluding carboxylic acids is 4. The average molecular weight is 807 g/mol. The van der Waals surface area contributed by atoms with E-state index >= 15 is 0 Å². The van der Waals surface area contributed by atoms with Gasteiger partial charge < -0.3 is 24.1 Å². The van der Waals surface area contributed by atoms with Crippen LogP contribution in [0.3, 0.4) is 0 Å². The third-order valence-corrected chi connectivity index (χ3v) is 12.6. The van der Waals surface area contributed by atoms with Gasteiger partial charge in [-0.05, 0) is 79.8 Å². The fraction of sp³-hybridized carbons (Fsp3) is 0.289. The number of amides is 4. The Morgan fingerprint density at radius 2 is 1.43 bits per heavy atom. The van der Waals surface area contributed by atoms with Crippen molar-refractivity contribution in [2.45, 2.75) is 25.7 Å². The summed E-state index contributed by atoms with van der Waals surface area (Å²) in [5.41, 5.74) is 1.78. The number of halogens is 2. The van der Waals surface area contributed by atoms with Crippen LogP contribution in [0.15, 0.2) is 84.4 Å². The fourth-order valence-corrected chi connectivity index (χ4v) is 9.72. The molecule has 1 N–H and O–H groups in total. The Labute approximate surface area is 339 Å². The van der Waals surface area contributed by atoms with E-state index in [1.165, 1.54) is 43.4 Å². The first-order chi connectivity index (χ1) is 27.9. The maximum Gasteiger partial charge on any atom is 0.241 e. The van der Waals surface area contributed by atoms with Crippen LogP contribution in [0.2, 0.25) is 5.02 Å². The summed E-state index contributed by atoms with van der Waals surface area (Å²) in [6.45, 7) is 1.71. The van der Waals surface area contributed by atoms with E-state index in [9.17, 15) is 28.7 Å². The second kappa shape index (κ2) is 14.7. The average Bonchev–Trinajstić information content (AvgIpc) is 3.60. The van der Waals surface area contributed by atoms with E-state index in [2.05, 4.69) is 0 Å². The molecule has 13 heteroatoms. The highest BCUT2D eigenvalue weighted by atomic mass is 35.5. The van der Waals surface area contributed by atoms with Crippen molar-refractivity contribution in [1.82, 2.24) is 0 Å². The van der Waals surface area contributed by atoms with Crippen molar-refractivity contribution in [3.05, 3.63) is 112 Å². The summed E-state index contributed by atoms with van der Waals surface area (Å²) >= 11 is 6.14. The molecule has 1 saturated carbocycles. The van der Waals surface area contributed by atoms with Crippen molar-refractivity contribution in [2.75, 3.05) is 38.2 Å². The van der Waals surface area contributed by atoms with Crippen LogP contribution in [0.4, 0.5) is 15.8 Å². The van der Waals surface area contributed by atoms with E-state index in [0.717, 1.165) is 22.1 Å². The number of fused-ring (bicyclic) bond motifs is 4. The Morgan fingerprint density at radius 1 is 0.759 bits per heavy atom. The largest absolute Gasteiger partial charge is 0.508 e. The number of carbonyl (C=O) groups is 4. The molecule has 8 rings (SSSR count). The highest BCUT2D eigenvalue weighted by Gasteiger charge is 2.68. The number of ether oxygens (including phenoxy) is 4. The number of hydrogen-bond donors (Lipinski definition) is 1. The summed E-state index contributed by atoms with van der Waals surface area (Å²) in [7, 11) is 6.02. The first-order valence-corrected chi connectivity index (χ1v) is 19.1. The maximum absolute atomic E-state index is 14.9. The minimum atomic E-state index is -1.46. The van der Waals surface area contributed by atoms with E-state index in [0.29, 0.717) is 28.3 Å². The zero-order valence-electron chi connectivity index (χ0n) is 32.3. The molecule has 2 heterocycles. The molecule has 0 spiro atoms. The number of phenols is 1. The molecule has 4 amide bonds. The molecule has 0 bridgehead atoms.